The highest BCUT2D eigenvalue weighted by atomic mass is 16.1. The zero-order chi connectivity index (χ0) is 8.85. The zero-order valence-corrected chi connectivity index (χ0v) is 6.67. The van der Waals surface area contributed by atoms with Gasteiger partial charge in [-0.3, -0.25) is 9.59 Å². The van der Waals surface area contributed by atoms with Gasteiger partial charge in [-0.15, -0.1) is 0 Å². The van der Waals surface area contributed by atoms with Gasteiger partial charge in [-0.2, -0.15) is 0 Å². The Morgan fingerprint density at radius 2 is 1.91 bits per heavy atom. The molecule has 4 N–H and O–H groups in total. The summed E-state index contributed by atoms with van der Waals surface area (Å²) in [5.41, 5.74) is 10.5. The third-order valence-corrected chi connectivity index (χ3v) is 1.27. The van der Waals surface area contributed by atoms with Crippen molar-refractivity contribution < 1.29 is 9.59 Å². The molecule has 0 aliphatic heterocycles. The molecule has 0 fully saturated rings. The van der Waals surface area contributed by atoms with Crippen LogP contribution in [0.2, 0.25) is 0 Å². The molecule has 0 aromatic carbocycles. The number of carbonyl (C=O) groups is 2. The molecule has 0 radical (unpaired) electrons. The van der Waals surface area contributed by atoms with Crippen molar-refractivity contribution >= 4 is 11.6 Å². The summed E-state index contributed by atoms with van der Waals surface area (Å²) < 4.78 is 0. The lowest BCUT2D eigenvalue weighted by atomic mass is 10.1. The molecule has 0 saturated heterocycles. The first-order valence-corrected chi connectivity index (χ1v) is 3.53. The average molecular weight is 158 g/mol. The van der Waals surface area contributed by atoms with E-state index in [-0.39, 0.29) is 37.0 Å². The molecule has 0 bridgehead atoms. The molecule has 0 spiro atoms. The van der Waals surface area contributed by atoms with Crippen LogP contribution in [0.3, 0.4) is 0 Å². The van der Waals surface area contributed by atoms with Crippen LogP contribution >= 0.6 is 0 Å². The van der Waals surface area contributed by atoms with Gasteiger partial charge in [0.1, 0.15) is 11.6 Å². The molecule has 0 saturated carbocycles. The predicted molar refractivity (Wildman–Crippen MR) is 42.0 cm³/mol. The molecule has 4 nitrogen and oxygen atoms in total. The first kappa shape index (κ1) is 10.3. The minimum Gasteiger partial charge on any atom is -0.327 e. The molecule has 0 aliphatic carbocycles. The summed E-state index contributed by atoms with van der Waals surface area (Å²) in [6.07, 6.45) is 0.460. The number of rotatable bonds is 5. The molecule has 0 amide bonds. The Hall–Kier alpha value is -0.740. The van der Waals surface area contributed by atoms with Gasteiger partial charge in [0.25, 0.3) is 0 Å². The molecule has 0 heterocycles. The van der Waals surface area contributed by atoms with E-state index in [9.17, 15) is 9.59 Å². The maximum absolute atomic E-state index is 10.7. The molecule has 0 rings (SSSR count). The normalized spacial score (nSPS) is 12.6. The van der Waals surface area contributed by atoms with Gasteiger partial charge < -0.3 is 11.5 Å². The van der Waals surface area contributed by atoms with Crippen LogP contribution in [0.15, 0.2) is 0 Å². The molecular weight excluding hydrogens is 144 g/mol. The van der Waals surface area contributed by atoms with Crippen molar-refractivity contribution in [1.29, 1.82) is 0 Å². The van der Waals surface area contributed by atoms with Gasteiger partial charge in [0, 0.05) is 18.9 Å². The Labute approximate surface area is 65.9 Å². The summed E-state index contributed by atoms with van der Waals surface area (Å²) >= 11 is 0. The average Bonchev–Trinajstić information content (AvgIpc) is 1.85. The highest BCUT2D eigenvalue weighted by molar-refractivity contribution is 5.82. The standard InChI is InChI=1S/C7H14N2O2/c1-5(10)2-6(9)3-7(11)4-8/h6H,2-4,8-9H2,1H3. The van der Waals surface area contributed by atoms with E-state index in [0.717, 1.165) is 0 Å². The molecule has 1 atom stereocenters. The fraction of sp³-hybridized carbons (Fsp3) is 0.714. The Balaban J connectivity index is 3.60. The summed E-state index contributed by atoms with van der Waals surface area (Å²) in [4.78, 5) is 21.2. The molecular formula is C7H14N2O2. The van der Waals surface area contributed by atoms with Gasteiger partial charge in [-0.05, 0) is 6.92 Å². The van der Waals surface area contributed by atoms with Crippen LogP contribution in [0, 0.1) is 0 Å². The van der Waals surface area contributed by atoms with Crippen molar-refractivity contribution in [2.24, 2.45) is 11.5 Å². The maximum atomic E-state index is 10.7. The Morgan fingerprint density at radius 3 is 2.27 bits per heavy atom. The number of hydrogen-bond donors (Lipinski definition) is 2. The summed E-state index contributed by atoms with van der Waals surface area (Å²) in [5.74, 6) is -0.0962. The zero-order valence-electron chi connectivity index (χ0n) is 6.67. The van der Waals surface area contributed by atoms with E-state index in [1.165, 1.54) is 6.92 Å². The SMILES string of the molecule is CC(=O)CC(N)CC(=O)CN. The van der Waals surface area contributed by atoms with E-state index in [1.807, 2.05) is 0 Å². The predicted octanol–water partition coefficient (Wildman–Crippen LogP) is -0.789. The van der Waals surface area contributed by atoms with Gasteiger partial charge in [-0.1, -0.05) is 0 Å². The molecule has 1 unspecified atom stereocenters. The molecule has 0 aromatic heterocycles. The Bertz CT molecular complexity index is 157. The van der Waals surface area contributed by atoms with E-state index in [0.29, 0.717) is 0 Å². The lowest BCUT2D eigenvalue weighted by Gasteiger charge is -2.06. The van der Waals surface area contributed by atoms with Gasteiger partial charge >= 0.3 is 0 Å². The van der Waals surface area contributed by atoms with E-state index in [1.54, 1.807) is 0 Å². The van der Waals surface area contributed by atoms with E-state index >= 15 is 0 Å². The van der Waals surface area contributed by atoms with Crippen molar-refractivity contribution in [2.45, 2.75) is 25.8 Å². The molecule has 11 heavy (non-hydrogen) atoms. The third kappa shape index (κ3) is 5.69. The van der Waals surface area contributed by atoms with Gasteiger partial charge in [-0.25, -0.2) is 0 Å². The number of nitrogens with two attached hydrogens (primary N) is 2. The lowest BCUT2D eigenvalue weighted by molar-refractivity contribution is -0.119. The van der Waals surface area contributed by atoms with Crippen LogP contribution < -0.4 is 11.5 Å². The molecule has 64 valence electrons. The quantitative estimate of drug-likeness (QED) is 0.549. The number of hydrogen-bond acceptors (Lipinski definition) is 4. The van der Waals surface area contributed by atoms with E-state index in [2.05, 4.69) is 0 Å². The van der Waals surface area contributed by atoms with Crippen molar-refractivity contribution in [3.8, 4) is 0 Å². The van der Waals surface area contributed by atoms with Crippen LogP contribution in [-0.4, -0.2) is 24.2 Å². The van der Waals surface area contributed by atoms with Crippen LogP contribution in [0.1, 0.15) is 19.8 Å². The van der Waals surface area contributed by atoms with Crippen molar-refractivity contribution in [3.05, 3.63) is 0 Å². The first-order chi connectivity index (χ1) is 5.06. The van der Waals surface area contributed by atoms with Gasteiger partial charge in [0.2, 0.25) is 0 Å². The summed E-state index contributed by atoms with van der Waals surface area (Å²) in [6, 6.07) is -0.358. The molecule has 0 aromatic rings. The fourth-order valence-electron chi connectivity index (χ4n) is 0.817. The number of carbonyl (C=O) groups excluding carboxylic acids is 2. The topological polar surface area (TPSA) is 86.2 Å². The monoisotopic (exact) mass is 158 g/mol. The number of ketones is 2. The summed E-state index contributed by atoms with van der Waals surface area (Å²) in [6.45, 7) is 1.46. The van der Waals surface area contributed by atoms with Gasteiger partial charge in [0.05, 0.1) is 6.54 Å². The highest BCUT2D eigenvalue weighted by Crippen LogP contribution is 1.95. The second-order valence-electron chi connectivity index (χ2n) is 2.61. The van der Waals surface area contributed by atoms with Crippen molar-refractivity contribution in [1.82, 2.24) is 0 Å². The minimum atomic E-state index is -0.358. The van der Waals surface area contributed by atoms with Gasteiger partial charge in [0.15, 0.2) is 0 Å². The smallest absolute Gasteiger partial charge is 0.147 e. The Kier molecular flexibility index (Phi) is 4.65. The van der Waals surface area contributed by atoms with Crippen molar-refractivity contribution in [2.75, 3.05) is 6.54 Å². The van der Waals surface area contributed by atoms with E-state index in [4.69, 9.17) is 11.5 Å². The maximum Gasteiger partial charge on any atom is 0.147 e. The third-order valence-electron chi connectivity index (χ3n) is 1.27. The second kappa shape index (κ2) is 4.98. The minimum absolute atomic E-state index is 0.00215. The van der Waals surface area contributed by atoms with E-state index < -0.39 is 0 Å². The largest absolute Gasteiger partial charge is 0.327 e. The molecule has 4 heteroatoms. The first-order valence-electron chi connectivity index (χ1n) is 3.53. The molecule has 0 aliphatic rings. The summed E-state index contributed by atoms with van der Waals surface area (Å²) in [7, 11) is 0. The van der Waals surface area contributed by atoms with Crippen LogP contribution in [0.5, 0.6) is 0 Å². The second-order valence-corrected chi connectivity index (χ2v) is 2.61. The van der Waals surface area contributed by atoms with Crippen LogP contribution in [0.4, 0.5) is 0 Å². The Morgan fingerprint density at radius 1 is 1.36 bits per heavy atom. The fourth-order valence-corrected chi connectivity index (χ4v) is 0.817. The number of Topliss-reactive ketones (excluding diaryl/α,β-unsaturated/α-hetero) is 2. The summed E-state index contributed by atoms with van der Waals surface area (Å²) in [5, 5.41) is 0. The highest BCUT2D eigenvalue weighted by Gasteiger charge is 2.09. The van der Waals surface area contributed by atoms with Crippen molar-refractivity contribution in [3.63, 3.8) is 0 Å². The van der Waals surface area contributed by atoms with Crippen LogP contribution in [0.25, 0.3) is 0 Å². The van der Waals surface area contributed by atoms with Crippen LogP contribution in [-0.2, 0) is 9.59 Å². The lowest BCUT2D eigenvalue weighted by Crippen LogP contribution is -2.28.